The molecule has 0 aliphatic rings. The highest BCUT2D eigenvalue weighted by Gasteiger charge is 2.21. The van der Waals surface area contributed by atoms with Crippen molar-refractivity contribution in [2.24, 2.45) is 0 Å². The molecule has 5 heteroatoms. The molecule has 5 nitrogen and oxygen atoms in total. The number of nitrogens with zero attached hydrogens (tertiary/aromatic N) is 1. The third-order valence-electron chi connectivity index (χ3n) is 2.55. The van der Waals surface area contributed by atoms with Crippen LogP contribution in [0.1, 0.15) is 34.6 Å². The van der Waals surface area contributed by atoms with Gasteiger partial charge in [-0.15, -0.1) is 0 Å². The topological polar surface area (TPSA) is 61.4 Å². The van der Waals surface area contributed by atoms with Crippen molar-refractivity contribution in [1.82, 2.24) is 15.5 Å². The molecule has 2 amide bonds. The number of likely N-dealkylation sites (N-methyl/N-ethyl adjacent to an activating group) is 1. The Morgan fingerprint density at radius 2 is 1.65 bits per heavy atom. The fourth-order valence-electron chi connectivity index (χ4n) is 1.42. The van der Waals surface area contributed by atoms with Crippen LogP contribution < -0.4 is 10.6 Å². The Bertz CT molecular complexity index is 266. The van der Waals surface area contributed by atoms with Crippen LogP contribution in [0, 0.1) is 0 Å². The highest BCUT2D eigenvalue weighted by Crippen LogP contribution is 1.95. The fourth-order valence-corrected chi connectivity index (χ4v) is 1.42. The van der Waals surface area contributed by atoms with Crippen molar-refractivity contribution < 1.29 is 9.59 Å². The minimum atomic E-state index is -0.374. The molecule has 17 heavy (non-hydrogen) atoms. The first-order chi connectivity index (χ1) is 7.79. The summed E-state index contributed by atoms with van der Waals surface area (Å²) in [7, 11) is 1.75. The molecule has 0 radical (unpaired) electrons. The minimum absolute atomic E-state index is 0.00306. The Morgan fingerprint density at radius 3 is 2.06 bits per heavy atom. The summed E-state index contributed by atoms with van der Waals surface area (Å²) in [5.41, 5.74) is 0. The fraction of sp³-hybridized carbons (Fsp3) is 0.833. The first-order valence-corrected chi connectivity index (χ1v) is 6.11. The molecular formula is C12H25N3O2. The summed E-state index contributed by atoms with van der Waals surface area (Å²) >= 11 is 0. The highest BCUT2D eigenvalue weighted by atomic mass is 16.2. The van der Waals surface area contributed by atoms with Gasteiger partial charge in [0.1, 0.15) is 0 Å². The van der Waals surface area contributed by atoms with Crippen LogP contribution in [0.15, 0.2) is 0 Å². The summed E-state index contributed by atoms with van der Waals surface area (Å²) in [5, 5.41) is 5.80. The Kier molecular flexibility index (Phi) is 6.80. The first kappa shape index (κ1) is 15.9. The van der Waals surface area contributed by atoms with Crippen LogP contribution in [0.3, 0.4) is 0 Å². The zero-order chi connectivity index (χ0) is 13.6. The number of hydrogen-bond donors (Lipinski definition) is 2. The molecule has 0 aromatic carbocycles. The molecule has 0 heterocycles. The van der Waals surface area contributed by atoms with E-state index in [2.05, 4.69) is 10.6 Å². The Hall–Kier alpha value is -1.10. The highest BCUT2D eigenvalue weighted by molar-refractivity contribution is 5.84. The Labute approximate surface area is 104 Å². The minimum Gasteiger partial charge on any atom is -0.353 e. The molecule has 2 unspecified atom stereocenters. The lowest BCUT2D eigenvalue weighted by atomic mass is 10.2. The van der Waals surface area contributed by atoms with Gasteiger partial charge in [0, 0.05) is 19.6 Å². The summed E-state index contributed by atoms with van der Waals surface area (Å²) in [5.74, 6) is -0.0875. The lowest BCUT2D eigenvalue weighted by Crippen LogP contribution is -2.52. The molecule has 0 bridgehead atoms. The van der Waals surface area contributed by atoms with Crippen LogP contribution in [0.25, 0.3) is 0 Å². The smallest absolute Gasteiger partial charge is 0.239 e. The molecule has 100 valence electrons. The first-order valence-electron chi connectivity index (χ1n) is 6.11. The molecule has 0 aliphatic carbocycles. The third-order valence-corrected chi connectivity index (χ3v) is 2.55. The van der Waals surface area contributed by atoms with Crippen molar-refractivity contribution in [2.75, 3.05) is 13.6 Å². The van der Waals surface area contributed by atoms with E-state index in [1.807, 2.05) is 20.8 Å². The maximum Gasteiger partial charge on any atom is 0.239 e. The SMILES string of the molecule is CCN(C)C(=O)C(C)NC(C)C(=O)NC(C)C. The van der Waals surface area contributed by atoms with Crippen LogP contribution in [0.2, 0.25) is 0 Å². The average molecular weight is 243 g/mol. The van der Waals surface area contributed by atoms with Gasteiger partial charge in [-0.2, -0.15) is 0 Å². The summed E-state index contributed by atoms with van der Waals surface area (Å²) in [6, 6.07) is -0.620. The zero-order valence-corrected chi connectivity index (χ0v) is 11.7. The predicted octanol–water partition coefficient (Wildman–Crippen LogP) is 0.356. The summed E-state index contributed by atoms with van der Waals surface area (Å²) in [6.45, 7) is 9.92. The quantitative estimate of drug-likeness (QED) is 0.708. The summed E-state index contributed by atoms with van der Waals surface area (Å²) in [4.78, 5) is 25.1. The number of nitrogens with one attached hydrogen (secondary N) is 2. The number of carbonyl (C=O) groups excluding carboxylic acids is 2. The molecule has 0 saturated carbocycles. The van der Waals surface area contributed by atoms with Crippen LogP contribution in [0.4, 0.5) is 0 Å². The predicted molar refractivity (Wildman–Crippen MR) is 68.6 cm³/mol. The summed E-state index contributed by atoms with van der Waals surface area (Å²) < 4.78 is 0. The summed E-state index contributed by atoms with van der Waals surface area (Å²) in [6.07, 6.45) is 0. The van der Waals surface area contributed by atoms with E-state index in [1.165, 1.54) is 0 Å². The van der Waals surface area contributed by atoms with E-state index in [0.29, 0.717) is 6.54 Å². The molecule has 0 aromatic rings. The monoisotopic (exact) mass is 243 g/mol. The van der Waals surface area contributed by atoms with Gasteiger partial charge < -0.3 is 10.2 Å². The standard InChI is InChI=1S/C12H25N3O2/c1-7-15(6)12(17)10(5)14-9(4)11(16)13-8(2)3/h8-10,14H,7H2,1-6H3,(H,13,16). The van der Waals surface area contributed by atoms with Crippen LogP contribution >= 0.6 is 0 Å². The van der Waals surface area contributed by atoms with Gasteiger partial charge in [-0.3, -0.25) is 14.9 Å². The number of hydrogen-bond acceptors (Lipinski definition) is 3. The van der Waals surface area contributed by atoms with Crippen LogP contribution in [0.5, 0.6) is 0 Å². The number of carbonyl (C=O) groups is 2. The Morgan fingerprint density at radius 1 is 1.12 bits per heavy atom. The van der Waals surface area contributed by atoms with Crippen molar-refractivity contribution >= 4 is 11.8 Å². The Balaban J connectivity index is 4.24. The van der Waals surface area contributed by atoms with E-state index in [1.54, 1.807) is 25.8 Å². The number of rotatable bonds is 6. The normalized spacial score (nSPS) is 14.3. The van der Waals surface area contributed by atoms with Crippen molar-refractivity contribution in [3.63, 3.8) is 0 Å². The van der Waals surface area contributed by atoms with Crippen molar-refractivity contribution in [3.05, 3.63) is 0 Å². The second kappa shape index (κ2) is 7.27. The second-order valence-corrected chi connectivity index (χ2v) is 4.63. The van der Waals surface area contributed by atoms with E-state index < -0.39 is 0 Å². The molecule has 0 aromatic heterocycles. The van der Waals surface area contributed by atoms with E-state index >= 15 is 0 Å². The van der Waals surface area contributed by atoms with Crippen molar-refractivity contribution in [3.8, 4) is 0 Å². The second-order valence-electron chi connectivity index (χ2n) is 4.63. The van der Waals surface area contributed by atoms with E-state index in [-0.39, 0.29) is 29.9 Å². The van der Waals surface area contributed by atoms with Gasteiger partial charge in [0.2, 0.25) is 11.8 Å². The van der Waals surface area contributed by atoms with Gasteiger partial charge in [0.25, 0.3) is 0 Å². The van der Waals surface area contributed by atoms with E-state index in [4.69, 9.17) is 0 Å². The molecular weight excluding hydrogens is 218 g/mol. The van der Waals surface area contributed by atoms with Gasteiger partial charge in [0.15, 0.2) is 0 Å². The van der Waals surface area contributed by atoms with Crippen molar-refractivity contribution in [1.29, 1.82) is 0 Å². The van der Waals surface area contributed by atoms with Gasteiger partial charge >= 0.3 is 0 Å². The van der Waals surface area contributed by atoms with Gasteiger partial charge in [-0.25, -0.2) is 0 Å². The molecule has 0 aliphatic heterocycles. The van der Waals surface area contributed by atoms with Gasteiger partial charge in [0.05, 0.1) is 12.1 Å². The molecule has 0 rings (SSSR count). The third kappa shape index (κ3) is 5.68. The molecule has 0 fully saturated rings. The average Bonchev–Trinajstić information content (AvgIpc) is 2.25. The molecule has 0 saturated heterocycles. The molecule has 2 N–H and O–H groups in total. The largest absolute Gasteiger partial charge is 0.353 e. The maximum absolute atomic E-state index is 11.8. The zero-order valence-electron chi connectivity index (χ0n) is 11.7. The lowest BCUT2D eigenvalue weighted by molar-refractivity contribution is -0.132. The van der Waals surface area contributed by atoms with Crippen molar-refractivity contribution in [2.45, 2.75) is 52.7 Å². The molecule has 0 spiro atoms. The lowest BCUT2D eigenvalue weighted by Gasteiger charge is -2.24. The van der Waals surface area contributed by atoms with E-state index in [0.717, 1.165) is 0 Å². The van der Waals surface area contributed by atoms with Crippen LogP contribution in [-0.4, -0.2) is 48.4 Å². The van der Waals surface area contributed by atoms with Gasteiger partial charge in [-0.1, -0.05) is 0 Å². The van der Waals surface area contributed by atoms with E-state index in [9.17, 15) is 9.59 Å². The molecule has 2 atom stereocenters. The van der Waals surface area contributed by atoms with Gasteiger partial charge in [-0.05, 0) is 34.6 Å². The number of amides is 2. The van der Waals surface area contributed by atoms with Crippen LogP contribution in [-0.2, 0) is 9.59 Å². The maximum atomic E-state index is 11.8.